The zero-order chi connectivity index (χ0) is 13.9. The monoisotopic (exact) mass is 316 g/mol. The summed E-state index contributed by atoms with van der Waals surface area (Å²) in [6.07, 6.45) is 0. The first-order valence-electron chi connectivity index (χ1n) is 5.22. The Morgan fingerprint density at radius 2 is 1.84 bits per heavy atom. The van der Waals surface area contributed by atoms with Gasteiger partial charge >= 0.3 is 5.97 Å². The van der Waals surface area contributed by atoms with Crippen LogP contribution >= 0.6 is 22.0 Å². The van der Waals surface area contributed by atoms with Crippen molar-refractivity contribution in [2.24, 2.45) is 0 Å². The van der Waals surface area contributed by atoms with Gasteiger partial charge in [-0.25, -0.2) is 13.2 Å². The van der Waals surface area contributed by atoms with E-state index >= 15 is 0 Å². The molecule has 1 heterocycles. The molecule has 1 aromatic carbocycles. The van der Waals surface area contributed by atoms with Gasteiger partial charge in [0, 0.05) is 15.6 Å². The highest BCUT2D eigenvalue weighted by Crippen LogP contribution is 2.25. The quantitative estimate of drug-likeness (QED) is 0.642. The van der Waals surface area contributed by atoms with E-state index in [1.54, 1.807) is 36.4 Å². The Morgan fingerprint density at radius 3 is 2.42 bits per heavy atom. The van der Waals surface area contributed by atoms with Crippen LogP contribution in [0.4, 0.5) is 0 Å². The maximum absolute atomic E-state index is 11.7. The molecule has 0 amide bonds. The molecular weight excluding hydrogens is 308 g/mol. The number of hydrogen-bond donors (Lipinski definition) is 0. The van der Waals surface area contributed by atoms with E-state index in [-0.39, 0.29) is 10.8 Å². The second kappa shape index (κ2) is 5.73. The maximum Gasteiger partial charge on any atom is 0.338 e. The molecule has 4 nitrogen and oxygen atoms in total. The van der Waals surface area contributed by atoms with Crippen LogP contribution in [0.15, 0.2) is 46.7 Å². The summed E-state index contributed by atoms with van der Waals surface area (Å²) in [5.74, 6) is -0.454. The van der Waals surface area contributed by atoms with Crippen LogP contribution in [0.5, 0.6) is 0 Å². The first-order valence-corrected chi connectivity index (χ1v) is 8.35. The Bertz CT molecular complexity index is 677. The summed E-state index contributed by atoms with van der Waals surface area (Å²) in [6, 6.07) is 11.5. The number of carbonyl (C=O) groups is 1. The molecule has 2 rings (SSSR count). The van der Waals surface area contributed by atoms with Gasteiger partial charge in [-0.15, -0.1) is 11.3 Å². The Kier molecular flexibility index (Phi) is 4.24. The Balaban J connectivity index is 2.00. The summed E-state index contributed by atoms with van der Waals surface area (Å²) in [7, 11) is 1.48. The second-order valence-electron chi connectivity index (χ2n) is 3.60. The van der Waals surface area contributed by atoms with E-state index in [2.05, 4.69) is 0 Å². The average molecular weight is 317 g/mol. The van der Waals surface area contributed by atoms with E-state index in [1.807, 2.05) is 0 Å². The van der Waals surface area contributed by atoms with Gasteiger partial charge < -0.3 is 4.74 Å². The zero-order valence-corrected chi connectivity index (χ0v) is 12.0. The molecule has 0 aliphatic carbocycles. The van der Waals surface area contributed by atoms with Crippen molar-refractivity contribution < 1.29 is 17.9 Å². The van der Waals surface area contributed by atoms with Crippen LogP contribution < -0.4 is 0 Å². The molecule has 0 unspecified atom stereocenters. The van der Waals surface area contributed by atoms with Crippen molar-refractivity contribution in [2.45, 2.75) is 10.8 Å². The Labute approximate surface area is 119 Å². The summed E-state index contributed by atoms with van der Waals surface area (Å²) in [5, 5.41) is 0. The van der Waals surface area contributed by atoms with Gasteiger partial charge in [-0.2, -0.15) is 0 Å². The number of rotatable bonds is 4. The van der Waals surface area contributed by atoms with Gasteiger partial charge in [0.2, 0.25) is 0 Å². The summed E-state index contributed by atoms with van der Waals surface area (Å²) >= 11 is 0.980. The van der Waals surface area contributed by atoms with Gasteiger partial charge in [-0.3, -0.25) is 0 Å². The number of benzene rings is 1. The zero-order valence-electron chi connectivity index (χ0n) is 9.58. The van der Waals surface area contributed by atoms with Crippen LogP contribution in [-0.2, 0) is 20.4 Å². The van der Waals surface area contributed by atoms with E-state index in [1.165, 1.54) is 6.07 Å². The average Bonchev–Trinajstić information content (AvgIpc) is 2.86. The highest BCUT2D eigenvalue weighted by atomic mass is 35.7. The minimum Gasteiger partial charge on any atom is -0.456 e. The van der Waals surface area contributed by atoms with E-state index in [0.29, 0.717) is 10.4 Å². The highest BCUT2D eigenvalue weighted by molar-refractivity contribution is 8.15. The van der Waals surface area contributed by atoms with Gasteiger partial charge in [-0.05, 0) is 24.3 Å². The van der Waals surface area contributed by atoms with Gasteiger partial charge in [0.15, 0.2) is 0 Å². The third-order valence-corrected chi connectivity index (χ3v) is 5.38. The van der Waals surface area contributed by atoms with E-state index in [9.17, 15) is 13.2 Å². The Hall–Kier alpha value is -1.37. The largest absolute Gasteiger partial charge is 0.456 e. The third kappa shape index (κ3) is 3.79. The lowest BCUT2D eigenvalue weighted by Gasteiger charge is -2.02. The van der Waals surface area contributed by atoms with Crippen molar-refractivity contribution in [1.29, 1.82) is 0 Å². The molecule has 0 bridgehead atoms. The number of halogens is 1. The summed E-state index contributed by atoms with van der Waals surface area (Å²) < 4.78 is 27.3. The first kappa shape index (κ1) is 14.0. The molecule has 0 spiro atoms. The molecule has 19 heavy (non-hydrogen) atoms. The molecule has 0 radical (unpaired) electrons. The lowest BCUT2D eigenvalue weighted by atomic mass is 10.2. The molecular formula is C12H9ClO4S2. The van der Waals surface area contributed by atoms with E-state index in [4.69, 9.17) is 15.4 Å². The lowest BCUT2D eigenvalue weighted by Crippen LogP contribution is -2.03. The van der Waals surface area contributed by atoms with Crippen molar-refractivity contribution in [1.82, 2.24) is 0 Å². The predicted octanol–water partition coefficient (Wildman–Crippen LogP) is 3.03. The summed E-state index contributed by atoms with van der Waals surface area (Å²) in [4.78, 5) is 12.3. The molecule has 0 atom stereocenters. The number of thiophene rings is 1. The van der Waals surface area contributed by atoms with Crippen molar-refractivity contribution in [3.05, 3.63) is 52.9 Å². The van der Waals surface area contributed by atoms with Gasteiger partial charge in [0.1, 0.15) is 10.8 Å². The fraction of sp³-hybridized carbons (Fsp3) is 0.0833. The van der Waals surface area contributed by atoms with Crippen molar-refractivity contribution in [3.8, 4) is 0 Å². The van der Waals surface area contributed by atoms with Crippen LogP contribution in [0.25, 0.3) is 0 Å². The molecule has 0 aliphatic rings. The van der Waals surface area contributed by atoms with Crippen LogP contribution in [0.1, 0.15) is 15.2 Å². The van der Waals surface area contributed by atoms with Gasteiger partial charge in [0.25, 0.3) is 9.05 Å². The highest BCUT2D eigenvalue weighted by Gasteiger charge is 2.14. The smallest absolute Gasteiger partial charge is 0.338 e. The predicted molar refractivity (Wildman–Crippen MR) is 72.9 cm³/mol. The maximum atomic E-state index is 11.7. The molecule has 1 aromatic heterocycles. The first-order chi connectivity index (χ1) is 8.97. The number of carbonyl (C=O) groups excluding carboxylic acids is 1. The minimum atomic E-state index is -3.72. The third-order valence-electron chi connectivity index (χ3n) is 2.23. The van der Waals surface area contributed by atoms with E-state index in [0.717, 1.165) is 11.3 Å². The summed E-state index contributed by atoms with van der Waals surface area (Å²) in [5.41, 5.74) is 0.448. The lowest BCUT2D eigenvalue weighted by molar-refractivity contribution is 0.0477. The van der Waals surface area contributed by atoms with Crippen molar-refractivity contribution in [3.63, 3.8) is 0 Å². The molecule has 0 saturated heterocycles. The molecule has 7 heteroatoms. The minimum absolute atomic E-state index is 0.0187. The Morgan fingerprint density at radius 1 is 1.16 bits per heavy atom. The summed E-state index contributed by atoms with van der Waals surface area (Å²) in [6.45, 7) is 0.0187. The number of ether oxygens (including phenoxy) is 1. The standard InChI is InChI=1S/C12H9ClO4S2/c13-19(15,16)11-7-6-10(18-11)8-17-12(14)9-4-2-1-3-5-9/h1-7H,8H2. The van der Waals surface area contributed by atoms with Crippen LogP contribution in [0, 0.1) is 0 Å². The molecule has 0 N–H and O–H groups in total. The van der Waals surface area contributed by atoms with Crippen molar-refractivity contribution >= 4 is 37.0 Å². The molecule has 0 aliphatic heterocycles. The molecule has 0 saturated carbocycles. The fourth-order valence-electron chi connectivity index (χ4n) is 1.36. The normalized spacial score (nSPS) is 11.2. The molecule has 2 aromatic rings. The van der Waals surface area contributed by atoms with Crippen LogP contribution in [0.3, 0.4) is 0 Å². The number of hydrogen-bond acceptors (Lipinski definition) is 5. The molecule has 0 fully saturated rings. The van der Waals surface area contributed by atoms with Crippen LogP contribution in [-0.4, -0.2) is 14.4 Å². The fourth-order valence-corrected chi connectivity index (χ4v) is 3.40. The second-order valence-corrected chi connectivity index (χ2v) is 7.56. The molecule has 100 valence electrons. The van der Waals surface area contributed by atoms with Gasteiger partial charge in [0.05, 0.1) is 5.56 Å². The van der Waals surface area contributed by atoms with E-state index < -0.39 is 15.0 Å². The SMILES string of the molecule is O=C(OCc1ccc(S(=O)(=O)Cl)s1)c1ccccc1. The number of esters is 1. The topological polar surface area (TPSA) is 60.4 Å². The van der Waals surface area contributed by atoms with Crippen molar-refractivity contribution in [2.75, 3.05) is 0 Å². The van der Waals surface area contributed by atoms with Gasteiger partial charge in [-0.1, -0.05) is 18.2 Å². The van der Waals surface area contributed by atoms with Crippen LogP contribution in [0.2, 0.25) is 0 Å².